The van der Waals surface area contributed by atoms with Crippen LogP contribution in [0.1, 0.15) is 11.3 Å². The molecule has 0 aliphatic carbocycles. The third-order valence-electron chi connectivity index (χ3n) is 3.05. The second-order valence-electron chi connectivity index (χ2n) is 4.45. The zero-order valence-electron chi connectivity index (χ0n) is 11.5. The smallest absolute Gasteiger partial charge is 0.333 e. The number of carbonyl (C=O) groups is 1. The van der Waals surface area contributed by atoms with Gasteiger partial charge in [-0.2, -0.15) is 0 Å². The highest BCUT2D eigenvalue weighted by atomic mass is 32.2. The average molecular weight is 306 g/mol. The van der Waals surface area contributed by atoms with E-state index in [1.807, 2.05) is 12.3 Å². The van der Waals surface area contributed by atoms with Crippen LogP contribution in [0.3, 0.4) is 0 Å². The SMILES string of the molecule is CSc1cccc(-n2c(=O)[nH]c(C)c(CC(=O)O)c2=O)c1. The van der Waals surface area contributed by atoms with Gasteiger partial charge in [0.1, 0.15) is 0 Å². The Kier molecular flexibility index (Phi) is 4.32. The molecule has 0 saturated carbocycles. The van der Waals surface area contributed by atoms with Crippen LogP contribution in [-0.4, -0.2) is 26.9 Å². The molecule has 0 bridgehead atoms. The van der Waals surface area contributed by atoms with E-state index in [0.717, 1.165) is 9.46 Å². The summed E-state index contributed by atoms with van der Waals surface area (Å²) < 4.78 is 0.963. The molecule has 1 aromatic carbocycles. The molecular weight excluding hydrogens is 292 g/mol. The molecule has 1 heterocycles. The van der Waals surface area contributed by atoms with Gasteiger partial charge in [-0.25, -0.2) is 9.36 Å². The lowest BCUT2D eigenvalue weighted by molar-refractivity contribution is -0.136. The second kappa shape index (κ2) is 6.01. The summed E-state index contributed by atoms with van der Waals surface area (Å²) in [6.07, 6.45) is 1.46. The van der Waals surface area contributed by atoms with E-state index in [1.165, 1.54) is 18.7 Å². The highest BCUT2D eigenvalue weighted by molar-refractivity contribution is 7.98. The van der Waals surface area contributed by atoms with Crippen molar-refractivity contribution in [1.82, 2.24) is 9.55 Å². The first-order valence-corrected chi connectivity index (χ1v) is 7.37. The lowest BCUT2D eigenvalue weighted by Crippen LogP contribution is -2.37. The normalized spacial score (nSPS) is 10.6. The van der Waals surface area contributed by atoms with Gasteiger partial charge in [0.2, 0.25) is 0 Å². The van der Waals surface area contributed by atoms with Gasteiger partial charge in [0, 0.05) is 16.2 Å². The predicted molar refractivity (Wildman–Crippen MR) is 80.5 cm³/mol. The van der Waals surface area contributed by atoms with Crippen LogP contribution in [0.25, 0.3) is 5.69 Å². The van der Waals surface area contributed by atoms with Crippen molar-refractivity contribution in [2.24, 2.45) is 0 Å². The maximum Gasteiger partial charge on any atom is 0.333 e. The molecule has 0 spiro atoms. The highest BCUT2D eigenvalue weighted by Gasteiger charge is 2.15. The molecule has 0 aliphatic heterocycles. The first-order chi connectivity index (χ1) is 9.93. The van der Waals surface area contributed by atoms with Crippen LogP contribution in [0.5, 0.6) is 0 Å². The van der Waals surface area contributed by atoms with Crippen molar-refractivity contribution < 1.29 is 9.90 Å². The monoisotopic (exact) mass is 306 g/mol. The number of aliphatic carboxylic acids is 1. The van der Waals surface area contributed by atoms with Gasteiger partial charge in [-0.15, -0.1) is 11.8 Å². The number of aromatic amines is 1. The van der Waals surface area contributed by atoms with Gasteiger partial charge in [0.15, 0.2) is 0 Å². The molecule has 6 nitrogen and oxygen atoms in total. The summed E-state index contributed by atoms with van der Waals surface area (Å²) >= 11 is 1.49. The first kappa shape index (κ1) is 15.1. The molecular formula is C14H14N2O4S. The topological polar surface area (TPSA) is 92.2 Å². The van der Waals surface area contributed by atoms with E-state index in [0.29, 0.717) is 5.69 Å². The Morgan fingerprint density at radius 3 is 2.71 bits per heavy atom. The predicted octanol–water partition coefficient (Wildman–Crippen LogP) is 1.18. The van der Waals surface area contributed by atoms with E-state index >= 15 is 0 Å². The Hall–Kier alpha value is -2.28. The molecule has 2 N–H and O–H groups in total. The minimum atomic E-state index is -1.12. The molecule has 1 aromatic heterocycles. The molecule has 110 valence electrons. The molecule has 21 heavy (non-hydrogen) atoms. The summed E-state index contributed by atoms with van der Waals surface area (Å²) in [6, 6.07) is 6.95. The Balaban J connectivity index is 2.71. The van der Waals surface area contributed by atoms with Gasteiger partial charge in [-0.3, -0.25) is 9.59 Å². The van der Waals surface area contributed by atoms with Crippen LogP contribution in [0, 0.1) is 6.92 Å². The van der Waals surface area contributed by atoms with Gasteiger partial charge >= 0.3 is 11.7 Å². The Bertz CT molecular complexity index is 807. The minimum Gasteiger partial charge on any atom is -0.481 e. The van der Waals surface area contributed by atoms with E-state index < -0.39 is 23.6 Å². The van der Waals surface area contributed by atoms with Crippen LogP contribution >= 0.6 is 11.8 Å². The van der Waals surface area contributed by atoms with Crippen molar-refractivity contribution in [3.63, 3.8) is 0 Å². The largest absolute Gasteiger partial charge is 0.481 e. The van der Waals surface area contributed by atoms with Crippen molar-refractivity contribution in [3.05, 3.63) is 56.4 Å². The number of carboxylic acid groups (broad SMARTS) is 1. The molecule has 0 atom stereocenters. The van der Waals surface area contributed by atoms with E-state index in [9.17, 15) is 14.4 Å². The fourth-order valence-corrected chi connectivity index (χ4v) is 2.48. The number of hydrogen-bond donors (Lipinski definition) is 2. The number of aromatic nitrogens is 2. The van der Waals surface area contributed by atoms with Crippen molar-refractivity contribution in [1.29, 1.82) is 0 Å². The highest BCUT2D eigenvalue weighted by Crippen LogP contribution is 2.17. The fraction of sp³-hybridized carbons (Fsp3) is 0.214. The van der Waals surface area contributed by atoms with Gasteiger partial charge in [0.05, 0.1) is 12.1 Å². The van der Waals surface area contributed by atoms with Crippen molar-refractivity contribution in [2.45, 2.75) is 18.2 Å². The second-order valence-corrected chi connectivity index (χ2v) is 5.33. The van der Waals surface area contributed by atoms with Crippen LogP contribution in [0.4, 0.5) is 0 Å². The standard InChI is InChI=1S/C14H14N2O4S/c1-8-11(7-12(17)18)13(19)16(14(20)15-8)9-4-3-5-10(6-9)21-2/h3-6H,7H2,1-2H3,(H,15,20)(H,17,18). The van der Waals surface area contributed by atoms with Crippen LogP contribution in [0.15, 0.2) is 38.8 Å². The van der Waals surface area contributed by atoms with E-state index in [-0.39, 0.29) is 11.3 Å². The molecule has 0 unspecified atom stereocenters. The molecule has 2 rings (SSSR count). The number of hydrogen-bond acceptors (Lipinski definition) is 4. The minimum absolute atomic E-state index is 0.0802. The summed E-state index contributed by atoms with van der Waals surface area (Å²) in [5, 5.41) is 8.89. The number of nitrogens with one attached hydrogen (secondary N) is 1. The van der Waals surface area contributed by atoms with Crippen molar-refractivity contribution in [2.75, 3.05) is 6.26 Å². The van der Waals surface area contributed by atoms with Gasteiger partial charge in [-0.05, 0) is 31.4 Å². The lowest BCUT2D eigenvalue weighted by atomic mass is 10.1. The molecule has 2 aromatic rings. The number of thioether (sulfide) groups is 1. The number of carboxylic acids is 1. The number of aryl methyl sites for hydroxylation is 1. The van der Waals surface area contributed by atoms with Crippen molar-refractivity contribution in [3.8, 4) is 5.69 Å². The summed E-state index contributed by atoms with van der Waals surface area (Å²) in [4.78, 5) is 38.8. The molecule has 0 aliphatic rings. The van der Waals surface area contributed by atoms with Crippen LogP contribution < -0.4 is 11.2 Å². The summed E-state index contributed by atoms with van der Waals surface area (Å²) in [7, 11) is 0. The third-order valence-corrected chi connectivity index (χ3v) is 3.78. The maximum atomic E-state index is 12.4. The molecule has 0 fully saturated rings. The van der Waals surface area contributed by atoms with E-state index in [2.05, 4.69) is 4.98 Å². The van der Waals surface area contributed by atoms with Gasteiger partial charge < -0.3 is 10.1 Å². The number of H-pyrrole nitrogens is 1. The van der Waals surface area contributed by atoms with E-state index in [4.69, 9.17) is 5.11 Å². The van der Waals surface area contributed by atoms with Crippen LogP contribution in [0.2, 0.25) is 0 Å². The zero-order chi connectivity index (χ0) is 15.6. The number of nitrogens with zero attached hydrogens (tertiary/aromatic N) is 1. The van der Waals surface area contributed by atoms with Gasteiger partial charge in [0.25, 0.3) is 5.56 Å². The average Bonchev–Trinajstić information content (AvgIpc) is 2.43. The molecule has 7 heteroatoms. The molecule has 0 radical (unpaired) electrons. The number of rotatable bonds is 4. The molecule has 0 amide bonds. The summed E-state index contributed by atoms with van der Waals surface area (Å²) in [6.45, 7) is 1.52. The third kappa shape index (κ3) is 3.08. The van der Waals surface area contributed by atoms with E-state index in [1.54, 1.807) is 18.2 Å². The Morgan fingerprint density at radius 1 is 1.38 bits per heavy atom. The zero-order valence-corrected chi connectivity index (χ0v) is 12.4. The Morgan fingerprint density at radius 2 is 2.10 bits per heavy atom. The lowest BCUT2D eigenvalue weighted by Gasteiger charge is -2.09. The quantitative estimate of drug-likeness (QED) is 0.828. The number of benzene rings is 1. The Labute approximate surface area is 124 Å². The first-order valence-electron chi connectivity index (χ1n) is 6.15. The van der Waals surface area contributed by atoms with Gasteiger partial charge in [-0.1, -0.05) is 6.07 Å². The molecule has 0 saturated heterocycles. The summed E-state index contributed by atoms with van der Waals surface area (Å²) in [5.74, 6) is -1.12. The maximum absolute atomic E-state index is 12.4. The van der Waals surface area contributed by atoms with Crippen molar-refractivity contribution >= 4 is 17.7 Å². The fourth-order valence-electron chi connectivity index (χ4n) is 2.02. The summed E-state index contributed by atoms with van der Waals surface area (Å²) in [5.41, 5.74) is -0.400. The van der Waals surface area contributed by atoms with Crippen LogP contribution in [-0.2, 0) is 11.2 Å².